The summed E-state index contributed by atoms with van der Waals surface area (Å²) < 4.78 is 0. The van der Waals surface area contributed by atoms with Gasteiger partial charge in [-0.15, -0.1) is 0 Å². The van der Waals surface area contributed by atoms with E-state index < -0.39 is 5.97 Å². The van der Waals surface area contributed by atoms with Gasteiger partial charge < -0.3 is 4.84 Å². The SMILES string of the molecule is O=C(/C=C/c1ccccc1)O/N=C(/c1ccccc1)c1cccnc1. The average molecular weight is 328 g/mol. The van der Waals surface area contributed by atoms with E-state index in [-0.39, 0.29) is 0 Å². The van der Waals surface area contributed by atoms with Crippen LogP contribution in [0.25, 0.3) is 6.08 Å². The van der Waals surface area contributed by atoms with Crippen molar-refractivity contribution in [3.05, 3.63) is 108 Å². The molecule has 0 radical (unpaired) electrons. The number of pyridine rings is 1. The van der Waals surface area contributed by atoms with E-state index in [1.165, 1.54) is 6.08 Å². The van der Waals surface area contributed by atoms with Crippen molar-refractivity contribution in [3.63, 3.8) is 0 Å². The molecule has 0 bridgehead atoms. The summed E-state index contributed by atoms with van der Waals surface area (Å²) >= 11 is 0. The van der Waals surface area contributed by atoms with E-state index in [4.69, 9.17) is 4.84 Å². The maximum absolute atomic E-state index is 12.0. The third kappa shape index (κ3) is 4.72. The van der Waals surface area contributed by atoms with Gasteiger partial charge in [-0.2, -0.15) is 0 Å². The number of carbonyl (C=O) groups is 1. The van der Waals surface area contributed by atoms with E-state index in [1.54, 1.807) is 18.5 Å². The largest absolute Gasteiger partial charge is 0.358 e. The van der Waals surface area contributed by atoms with Gasteiger partial charge in [0.25, 0.3) is 0 Å². The topological polar surface area (TPSA) is 51.5 Å². The summed E-state index contributed by atoms with van der Waals surface area (Å²) in [4.78, 5) is 21.1. The fourth-order valence-corrected chi connectivity index (χ4v) is 2.22. The van der Waals surface area contributed by atoms with E-state index in [1.807, 2.05) is 72.8 Å². The predicted octanol–water partition coefficient (Wildman–Crippen LogP) is 4.09. The van der Waals surface area contributed by atoms with Crippen LogP contribution in [0, 0.1) is 0 Å². The molecule has 0 aliphatic heterocycles. The van der Waals surface area contributed by atoms with Crippen LogP contribution >= 0.6 is 0 Å². The maximum Gasteiger partial charge on any atom is 0.358 e. The van der Waals surface area contributed by atoms with Gasteiger partial charge in [0.2, 0.25) is 0 Å². The highest BCUT2D eigenvalue weighted by Gasteiger charge is 2.08. The molecule has 0 amide bonds. The summed E-state index contributed by atoms with van der Waals surface area (Å²) in [5.41, 5.74) is 3.08. The predicted molar refractivity (Wildman–Crippen MR) is 97.9 cm³/mol. The first kappa shape index (κ1) is 16.3. The lowest BCUT2D eigenvalue weighted by Gasteiger charge is -2.05. The molecule has 2 aromatic carbocycles. The summed E-state index contributed by atoms with van der Waals surface area (Å²) in [5, 5.41) is 4.05. The van der Waals surface area contributed by atoms with Crippen LogP contribution in [0.3, 0.4) is 0 Å². The lowest BCUT2D eigenvalue weighted by molar-refractivity contribution is -0.137. The van der Waals surface area contributed by atoms with Crippen molar-refractivity contribution in [2.45, 2.75) is 0 Å². The molecule has 3 rings (SSSR count). The molecule has 0 spiro atoms. The Labute approximate surface area is 146 Å². The van der Waals surface area contributed by atoms with Crippen LogP contribution in [0.15, 0.2) is 96.4 Å². The summed E-state index contributed by atoms with van der Waals surface area (Å²) in [7, 11) is 0. The van der Waals surface area contributed by atoms with Crippen LogP contribution in [-0.4, -0.2) is 16.7 Å². The highest BCUT2D eigenvalue weighted by molar-refractivity contribution is 6.12. The molecule has 25 heavy (non-hydrogen) atoms. The fourth-order valence-electron chi connectivity index (χ4n) is 2.22. The number of aromatic nitrogens is 1. The smallest absolute Gasteiger partial charge is 0.313 e. The Morgan fingerprint density at radius 3 is 2.24 bits per heavy atom. The summed E-state index contributed by atoms with van der Waals surface area (Å²) in [6, 6.07) is 22.7. The van der Waals surface area contributed by atoms with Gasteiger partial charge in [-0.05, 0) is 23.8 Å². The Bertz CT molecular complexity index is 832. The van der Waals surface area contributed by atoms with Crippen molar-refractivity contribution in [1.82, 2.24) is 4.98 Å². The second-order valence-corrected chi connectivity index (χ2v) is 5.20. The molecule has 0 atom stereocenters. The normalized spacial score (nSPS) is 11.4. The number of benzene rings is 2. The van der Waals surface area contributed by atoms with E-state index >= 15 is 0 Å². The summed E-state index contributed by atoms with van der Waals surface area (Å²) in [6.45, 7) is 0. The van der Waals surface area contributed by atoms with Crippen LogP contribution in [0.5, 0.6) is 0 Å². The van der Waals surface area contributed by atoms with Gasteiger partial charge >= 0.3 is 5.97 Å². The standard InChI is InChI=1S/C21H16N2O2/c24-20(14-13-17-8-3-1-4-9-17)25-23-21(18-10-5-2-6-11-18)19-12-7-15-22-16-19/h1-16H/b14-13+,23-21-. The van der Waals surface area contributed by atoms with Gasteiger partial charge in [-0.1, -0.05) is 65.8 Å². The molecule has 1 aromatic heterocycles. The third-order valence-electron chi connectivity index (χ3n) is 3.42. The van der Waals surface area contributed by atoms with Gasteiger partial charge in [0.05, 0.1) is 0 Å². The quantitative estimate of drug-likeness (QED) is 0.307. The van der Waals surface area contributed by atoms with Crippen LogP contribution in [0.2, 0.25) is 0 Å². The Morgan fingerprint density at radius 2 is 1.56 bits per heavy atom. The van der Waals surface area contributed by atoms with Crippen molar-refractivity contribution < 1.29 is 9.63 Å². The van der Waals surface area contributed by atoms with Gasteiger partial charge in [-0.3, -0.25) is 4.98 Å². The van der Waals surface area contributed by atoms with E-state index in [9.17, 15) is 4.79 Å². The Kier molecular flexibility index (Phi) is 5.46. The van der Waals surface area contributed by atoms with E-state index in [0.29, 0.717) is 5.71 Å². The number of hydrogen-bond donors (Lipinski definition) is 0. The molecule has 0 saturated heterocycles. The highest BCUT2D eigenvalue weighted by Crippen LogP contribution is 2.10. The fraction of sp³-hybridized carbons (Fsp3) is 0. The second kappa shape index (κ2) is 8.36. The van der Waals surface area contributed by atoms with Gasteiger partial charge in [0, 0.05) is 29.6 Å². The molecule has 0 saturated carbocycles. The zero-order chi connectivity index (χ0) is 17.3. The Balaban J connectivity index is 1.79. The zero-order valence-corrected chi connectivity index (χ0v) is 13.4. The average Bonchev–Trinajstić information content (AvgIpc) is 2.69. The first-order chi connectivity index (χ1) is 12.3. The minimum Gasteiger partial charge on any atom is -0.313 e. The van der Waals surface area contributed by atoms with E-state index in [2.05, 4.69) is 10.1 Å². The van der Waals surface area contributed by atoms with E-state index in [0.717, 1.165) is 16.7 Å². The number of nitrogens with zero attached hydrogens (tertiary/aromatic N) is 2. The minimum atomic E-state index is -0.541. The molecule has 0 unspecified atom stereocenters. The van der Waals surface area contributed by atoms with Crippen molar-refractivity contribution in [2.24, 2.45) is 5.16 Å². The molecule has 4 nitrogen and oxygen atoms in total. The molecule has 0 aliphatic carbocycles. The monoisotopic (exact) mass is 328 g/mol. The maximum atomic E-state index is 12.0. The summed E-state index contributed by atoms with van der Waals surface area (Å²) in [6.07, 6.45) is 6.40. The van der Waals surface area contributed by atoms with Crippen molar-refractivity contribution in [1.29, 1.82) is 0 Å². The first-order valence-electron chi connectivity index (χ1n) is 7.81. The zero-order valence-electron chi connectivity index (χ0n) is 13.4. The number of oxime groups is 1. The first-order valence-corrected chi connectivity index (χ1v) is 7.81. The van der Waals surface area contributed by atoms with Crippen LogP contribution in [0.1, 0.15) is 16.7 Å². The Morgan fingerprint density at radius 1 is 0.880 bits per heavy atom. The molecular weight excluding hydrogens is 312 g/mol. The van der Waals surface area contributed by atoms with Crippen LogP contribution in [-0.2, 0) is 9.63 Å². The van der Waals surface area contributed by atoms with Crippen LogP contribution in [0.4, 0.5) is 0 Å². The lowest BCUT2D eigenvalue weighted by atomic mass is 10.0. The second-order valence-electron chi connectivity index (χ2n) is 5.20. The Hall–Kier alpha value is -3.53. The van der Waals surface area contributed by atoms with Crippen molar-refractivity contribution in [3.8, 4) is 0 Å². The molecule has 4 heteroatoms. The third-order valence-corrected chi connectivity index (χ3v) is 3.42. The molecular formula is C21H16N2O2. The summed E-state index contributed by atoms with van der Waals surface area (Å²) in [5.74, 6) is -0.541. The molecule has 1 heterocycles. The minimum absolute atomic E-state index is 0.541. The van der Waals surface area contributed by atoms with Gasteiger partial charge in [0.15, 0.2) is 0 Å². The number of rotatable bonds is 5. The van der Waals surface area contributed by atoms with Gasteiger partial charge in [-0.25, -0.2) is 4.79 Å². The molecule has 122 valence electrons. The molecule has 0 fully saturated rings. The van der Waals surface area contributed by atoms with Crippen LogP contribution < -0.4 is 0 Å². The van der Waals surface area contributed by atoms with Crippen molar-refractivity contribution >= 4 is 17.8 Å². The number of hydrogen-bond acceptors (Lipinski definition) is 4. The van der Waals surface area contributed by atoms with Crippen molar-refractivity contribution in [2.75, 3.05) is 0 Å². The number of carbonyl (C=O) groups excluding carboxylic acids is 1. The molecule has 0 N–H and O–H groups in total. The molecule has 0 aliphatic rings. The van der Waals surface area contributed by atoms with Gasteiger partial charge in [0.1, 0.15) is 5.71 Å². The lowest BCUT2D eigenvalue weighted by Crippen LogP contribution is -2.06. The molecule has 3 aromatic rings. The highest BCUT2D eigenvalue weighted by atomic mass is 16.7.